The summed E-state index contributed by atoms with van der Waals surface area (Å²) in [5.74, 6) is -2.57. The van der Waals surface area contributed by atoms with Gasteiger partial charge in [0.2, 0.25) is 17.6 Å². The second kappa shape index (κ2) is 4.57. The number of nitrogens with one attached hydrogen (secondary N) is 1. The fraction of sp³-hybridized carbons (Fsp3) is 0.692. The number of aliphatic hydroxyl groups is 2. The third-order valence-electron chi connectivity index (χ3n) is 5.21. The largest absolute Gasteiger partial charge is 0.370 e. The molecule has 1 spiro atoms. The van der Waals surface area contributed by atoms with E-state index in [0.29, 0.717) is 0 Å². The summed E-state index contributed by atoms with van der Waals surface area (Å²) in [5, 5.41) is 23.9. The van der Waals surface area contributed by atoms with Crippen molar-refractivity contribution in [2.24, 2.45) is 21.5 Å². The van der Waals surface area contributed by atoms with E-state index in [0.717, 1.165) is 4.90 Å². The molecule has 2 saturated heterocycles. The van der Waals surface area contributed by atoms with Crippen LogP contribution in [0.1, 0.15) is 19.3 Å². The molecule has 2 unspecified atom stereocenters. The lowest BCUT2D eigenvalue weighted by molar-refractivity contribution is -0.221. The number of amides is 2. The van der Waals surface area contributed by atoms with Gasteiger partial charge in [-0.2, -0.15) is 0 Å². The third-order valence-corrected chi connectivity index (χ3v) is 5.21. The molecular formula is C13H19N7O4. The van der Waals surface area contributed by atoms with Crippen LogP contribution in [0.5, 0.6) is 0 Å². The van der Waals surface area contributed by atoms with E-state index in [2.05, 4.69) is 15.3 Å². The number of imide groups is 1. The van der Waals surface area contributed by atoms with Gasteiger partial charge in [-0.05, 0) is 0 Å². The van der Waals surface area contributed by atoms with Crippen LogP contribution in [0.4, 0.5) is 0 Å². The molecule has 0 aromatic carbocycles. The van der Waals surface area contributed by atoms with Crippen molar-refractivity contribution >= 4 is 23.7 Å². The highest BCUT2D eigenvalue weighted by atomic mass is 16.5. The van der Waals surface area contributed by atoms with Gasteiger partial charge >= 0.3 is 0 Å². The summed E-state index contributed by atoms with van der Waals surface area (Å²) in [6.07, 6.45) is 0.365. The number of hydrogen-bond donors (Lipinski definition) is 5. The summed E-state index contributed by atoms with van der Waals surface area (Å²) in [7, 11) is 0. The molecule has 2 amide bonds. The first-order chi connectivity index (χ1) is 11.3. The van der Waals surface area contributed by atoms with Gasteiger partial charge in [-0.3, -0.25) is 14.5 Å². The zero-order valence-electron chi connectivity index (χ0n) is 12.8. The maximum Gasteiger partial charge on any atom is 0.229 e. The molecule has 2 fully saturated rings. The topological polar surface area (TPSA) is 170 Å². The smallest absolute Gasteiger partial charge is 0.229 e. The molecule has 0 bridgehead atoms. The maximum atomic E-state index is 11.9. The van der Waals surface area contributed by atoms with Crippen LogP contribution in [0.25, 0.3) is 0 Å². The van der Waals surface area contributed by atoms with E-state index in [-0.39, 0.29) is 56.1 Å². The average molecular weight is 337 g/mol. The molecule has 130 valence electrons. The van der Waals surface area contributed by atoms with E-state index >= 15 is 0 Å². The predicted octanol–water partition coefficient (Wildman–Crippen LogP) is -3.80. The molecule has 7 N–H and O–H groups in total. The van der Waals surface area contributed by atoms with Gasteiger partial charge in [0, 0.05) is 25.8 Å². The van der Waals surface area contributed by atoms with E-state index in [9.17, 15) is 19.8 Å². The summed E-state index contributed by atoms with van der Waals surface area (Å²) in [4.78, 5) is 35.0. The molecule has 4 rings (SSSR count). The average Bonchev–Trinajstić information content (AvgIpc) is 3.10. The summed E-state index contributed by atoms with van der Waals surface area (Å²) < 4.78 is 0. The van der Waals surface area contributed by atoms with Gasteiger partial charge in [0.1, 0.15) is 6.04 Å². The number of rotatable bonds is 2. The molecule has 0 aromatic heterocycles. The first kappa shape index (κ1) is 15.1. The lowest BCUT2D eigenvalue weighted by atomic mass is 9.86. The summed E-state index contributed by atoms with van der Waals surface area (Å²) in [5.41, 5.74) is 10.3. The molecule has 11 heteroatoms. The van der Waals surface area contributed by atoms with Crippen molar-refractivity contribution in [3.8, 4) is 0 Å². The quantitative estimate of drug-likeness (QED) is 0.252. The number of nitrogens with zero attached hydrogens (tertiary/aromatic N) is 4. The van der Waals surface area contributed by atoms with Crippen LogP contribution in [0, 0.1) is 0 Å². The lowest BCUT2D eigenvalue weighted by Crippen LogP contribution is -2.76. The Labute approximate surface area is 137 Å². The fourth-order valence-corrected chi connectivity index (χ4v) is 4.08. The van der Waals surface area contributed by atoms with Crippen LogP contribution in [-0.2, 0) is 9.59 Å². The van der Waals surface area contributed by atoms with Gasteiger partial charge < -0.3 is 31.9 Å². The molecule has 4 heterocycles. The molecule has 3 atom stereocenters. The van der Waals surface area contributed by atoms with Crippen molar-refractivity contribution in [3.63, 3.8) is 0 Å². The highest BCUT2D eigenvalue weighted by molar-refractivity contribution is 6.02. The van der Waals surface area contributed by atoms with Gasteiger partial charge in [0.05, 0.1) is 12.6 Å². The number of likely N-dealkylation sites (tertiary alicyclic amines) is 1. The standard InChI is InChI=1S/C13H19N7O4/c14-10-17-9-6(5-19-7(21)1-2-8(19)22)16-11(15)20-4-3-12(23,24)13(9,20)18-10/h6,9,23-24H,1-5H2,(H2,15,16)(H3,14,17,18)/t6?,9?,13-/m1/s1. The van der Waals surface area contributed by atoms with Gasteiger partial charge in [0.15, 0.2) is 17.6 Å². The Balaban J connectivity index is 1.73. The van der Waals surface area contributed by atoms with Gasteiger partial charge in [0.25, 0.3) is 0 Å². The molecule has 0 radical (unpaired) electrons. The SMILES string of the molecule is NC1=NC2C(CN3C(=O)CCC3=O)N=C(N)N3CCC(O)(O)[C@@]23N1. The zero-order chi connectivity index (χ0) is 17.3. The van der Waals surface area contributed by atoms with Crippen LogP contribution < -0.4 is 16.8 Å². The molecule has 0 aliphatic carbocycles. The van der Waals surface area contributed by atoms with Crippen molar-refractivity contribution < 1.29 is 19.8 Å². The molecular weight excluding hydrogens is 318 g/mol. The normalized spacial score (nSPS) is 37.1. The first-order valence-electron chi connectivity index (χ1n) is 7.76. The van der Waals surface area contributed by atoms with Crippen LogP contribution in [-0.4, -0.2) is 80.4 Å². The first-order valence-corrected chi connectivity index (χ1v) is 7.76. The van der Waals surface area contributed by atoms with E-state index in [4.69, 9.17) is 11.5 Å². The van der Waals surface area contributed by atoms with Crippen molar-refractivity contribution in [2.75, 3.05) is 13.1 Å². The maximum absolute atomic E-state index is 11.9. The number of aliphatic imine (C=N–C) groups is 2. The molecule has 11 nitrogen and oxygen atoms in total. The van der Waals surface area contributed by atoms with Crippen molar-refractivity contribution in [2.45, 2.75) is 42.8 Å². The summed E-state index contributed by atoms with van der Waals surface area (Å²) >= 11 is 0. The second-order valence-corrected chi connectivity index (χ2v) is 6.52. The Bertz CT molecular complexity index is 674. The number of carbonyl (C=O) groups is 2. The Morgan fingerprint density at radius 1 is 1.21 bits per heavy atom. The van der Waals surface area contributed by atoms with Crippen LogP contribution in [0.2, 0.25) is 0 Å². The summed E-state index contributed by atoms with van der Waals surface area (Å²) in [6, 6.07) is -1.50. The Kier molecular flexibility index (Phi) is 2.89. The molecule has 24 heavy (non-hydrogen) atoms. The van der Waals surface area contributed by atoms with Crippen molar-refractivity contribution in [1.82, 2.24) is 15.1 Å². The Morgan fingerprint density at radius 2 is 1.88 bits per heavy atom. The molecule has 0 saturated carbocycles. The van der Waals surface area contributed by atoms with Gasteiger partial charge in [-0.1, -0.05) is 0 Å². The van der Waals surface area contributed by atoms with E-state index in [1.54, 1.807) is 0 Å². The van der Waals surface area contributed by atoms with Crippen LogP contribution in [0.3, 0.4) is 0 Å². The van der Waals surface area contributed by atoms with Crippen LogP contribution in [0.15, 0.2) is 9.98 Å². The second-order valence-electron chi connectivity index (χ2n) is 6.52. The van der Waals surface area contributed by atoms with Crippen molar-refractivity contribution in [1.29, 1.82) is 0 Å². The van der Waals surface area contributed by atoms with E-state index in [1.165, 1.54) is 4.90 Å². The van der Waals surface area contributed by atoms with Gasteiger partial charge in [-0.15, -0.1) is 0 Å². The molecule has 4 aliphatic heterocycles. The van der Waals surface area contributed by atoms with Crippen LogP contribution >= 0.6 is 0 Å². The number of hydrogen-bond acceptors (Lipinski definition) is 10. The van der Waals surface area contributed by atoms with Gasteiger partial charge in [-0.25, -0.2) is 9.98 Å². The fourth-order valence-electron chi connectivity index (χ4n) is 4.08. The lowest BCUT2D eigenvalue weighted by Gasteiger charge is -2.49. The predicted molar refractivity (Wildman–Crippen MR) is 81.1 cm³/mol. The third kappa shape index (κ3) is 1.73. The minimum Gasteiger partial charge on any atom is -0.370 e. The number of carbonyl (C=O) groups excluding carboxylic acids is 2. The van der Waals surface area contributed by atoms with E-state index in [1.807, 2.05) is 0 Å². The molecule has 4 aliphatic rings. The zero-order valence-corrected chi connectivity index (χ0v) is 12.8. The Morgan fingerprint density at radius 3 is 2.54 bits per heavy atom. The minimum absolute atomic E-state index is 0.0207. The van der Waals surface area contributed by atoms with Crippen molar-refractivity contribution in [3.05, 3.63) is 0 Å². The molecule has 0 aromatic rings. The highest BCUT2D eigenvalue weighted by Gasteiger charge is 2.69. The number of nitrogens with two attached hydrogens (primary N) is 2. The van der Waals surface area contributed by atoms with E-state index < -0.39 is 23.5 Å². The Hall–Kier alpha value is -2.40. The highest BCUT2D eigenvalue weighted by Crippen LogP contribution is 2.44. The minimum atomic E-state index is -2.14. The number of guanidine groups is 2. The summed E-state index contributed by atoms with van der Waals surface area (Å²) in [6.45, 7) is 0.246. The monoisotopic (exact) mass is 337 g/mol.